The number of anilines is 2. The smallest absolute Gasteiger partial charge is 0.303 e. The largest absolute Gasteiger partial charge is 0.481 e. The number of amides is 2. The SMILES string of the molecule is Cc1cc(C)cc(NC(=O)CSc2cccc(NC(=O)CCC(=O)O)c2)c1. The maximum atomic E-state index is 12.2. The van der Waals surface area contributed by atoms with Crippen molar-refractivity contribution in [2.24, 2.45) is 0 Å². The topological polar surface area (TPSA) is 95.5 Å². The number of carboxylic acid groups (broad SMARTS) is 1. The molecule has 0 aliphatic rings. The van der Waals surface area contributed by atoms with Crippen molar-refractivity contribution in [1.82, 2.24) is 0 Å². The first-order valence-corrected chi connectivity index (χ1v) is 9.43. The monoisotopic (exact) mass is 386 g/mol. The molecule has 0 aliphatic carbocycles. The summed E-state index contributed by atoms with van der Waals surface area (Å²) in [5.41, 5.74) is 3.52. The number of carbonyl (C=O) groups is 3. The number of rotatable bonds is 8. The van der Waals surface area contributed by atoms with Gasteiger partial charge >= 0.3 is 5.97 Å². The van der Waals surface area contributed by atoms with Crippen LogP contribution in [-0.4, -0.2) is 28.6 Å². The van der Waals surface area contributed by atoms with Crippen LogP contribution in [0.25, 0.3) is 0 Å². The van der Waals surface area contributed by atoms with Gasteiger partial charge in [0.2, 0.25) is 11.8 Å². The number of aryl methyl sites for hydroxylation is 2. The zero-order chi connectivity index (χ0) is 19.8. The lowest BCUT2D eigenvalue weighted by atomic mass is 10.1. The van der Waals surface area contributed by atoms with E-state index in [1.54, 1.807) is 18.2 Å². The summed E-state index contributed by atoms with van der Waals surface area (Å²) in [5, 5.41) is 14.2. The zero-order valence-electron chi connectivity index (χ0n) is 15.2. The number of benzene rings is 2. The Balaban J connectivity index is 1.87. The van der Waals surface area contributed by atoms with E-state index in [4.69, 9.17) is 5.11 Å². The first-order valence-electron chi connectivity index (χ1n) is 8.44. The van der Waals surface area contributed by atoms with Crippen molar-refractivity contribution < 1.29 is 19.5 Å². The van der Waals surface area contributed by atoms with Crippen LogP contribution in [0.4, 0.5) is 11.4 Å². The summed E-state index contributed by atoms with van der Waals surface area (Å²) in [6.07, 6.45) is -0.288. The van der Waals surface area contributed by atoms with Gasteiger partial charge in [-0.15, -0.1) is 11.8 Å². The molecule has 0 radical (unpaired) electrons. The van der Waals surface area contributed by atoms with Gasteiger partial charge in [0.15, 0.2) is 0 Å². The molecule has 0 fully saturated rings. The van der Waals surface area contributed by atoms with Crippen LogP contribution in [0.2, 0.25) is 0 Å². The third-order valence-corrected chi connectivity index (χ3v) is 4.55. The van der Waals surface area contributed by atoms with Gasteiger partial charge < -0.3 is 15.7 Å². The quantitative estimate of drug-likeness (QED) is 0.599. The Bertz CT molecular complexity index is 831. The van der Waals surface area contributed by atoms with Crippen molar-refractivity contribution in [3.8, 4) is 0 Å². The van der Waals surface area contributed by atoms with E-state index in [9.17, 15) is 14.4 Å². The number of hydrogen-bond acceptors (Lipinski definition) is 4. The van der Waals surface area contributed by atoms with Crippen LogP contribution in [-0.2, 0) is 14.4 Å². The van der Waals surface area contributed by atoms with Gasteiger partial charge in [0.05, 0.1) is 12.2 Å². The Kier molecular flexibility index (Phi) is 7.43. The van der Waals surface area contributed by atoms with Crippen LogP contribution >= 0.6 is 11.8 Å². The molecule has 0 aromatic heterocycles. The van der Waals surface area contributed by atoms with E-state index in [1.165, 1.54) is 11.8 Å². The first kappa shape index (κ1) is 20.5. The minimum atomic E-state index is -1.01. The summed E-state index contributed by atoms with van der Waals surface area (Å²) in [7, 11) is 0. The fourth-order valence-electron chi connectivity index (χ4n) is 2.50. The Morgan fingerprint density at radius 1 is 0.889 bits per heavy atom. The molecular formula is C20H22N2O4S. The number of hydrogen-bond donors (Lipinski definition) is 3. The zero-order valence-corrected chi connectivity index (χ0v) is 16.1. The van der Waals surface area contributed by atoms with Gasteiger partial charge in [0.25, 0.3) is 0 Å². The van der Waals surface area contributed by atoms with Crippen molar-refractivity contribution in [3.63, 3.8) is 0 Å². The van der Waals surface area contributed by atoms with Gasteiger partial charge in [-0.25, -0.2) is 0 Å². The molecule has 2 amide bonds. The lowest BCUT2D eigenvalue weighted by molar-refractivity contribution is -0.138. The fourth-order valence-corrected chi connectivity index (χ4v) is 3.26. The number of carboxylic acids is 1. The predicted molar refractivity (Wildman–Crippen MR) is 107 cm³/mol. The number of thioether (sulfide) groups is 1. The fraction of sp³-hybridized carbons (Fsp3) is 0.250. The Hall–Kier alpha value is -2.80. The molecule has 0 saturated carbocycles. The number of carbonyl (C=O) groups excluding carboxylic acids is 2. The van der Waals surface area contributed by atoms with E-state index >= 15 is 0 Å². The van der Waals surface area contributed by atoms with E-state index < -0.39 is 5.97 Å². The van der Waals surface area contributed by atoms with Crippen LogP contribution in [0.5, 0.6) is 0 Å². The van der Waals surface area contributed by atoms with Gasteiger partial charge in [-0.1, -0.05) is 12.1 Å². The maximum absolute atomic E-state index is 12.2. The van der Waals surface area contributed by atoms with Crippen LogP contribution in [0.1, 0.15) is 24.0 Å². The van der Waals surface area contributed by atoms with E-state index in [-0.39, 0.29) is 30.4 Å². The van der Waals surface area contributed by atoms with Gasteiger partial charge in [-0.3, -0.25) is 14.4 Å². The number of nitrogens with one attached hydrogen (secondary N) is 2. The van der Waals surface area contributed by atoms with Gasteiger partial charge in [0, 0.05) is 22.7 Å². The summed E-state index contributed by atoms with van der Waals surface area (Å²) in [6, 6.07) is 13.0. The highest BCUT2D eigenvalue weighted by Gasteiger charge is 2.08. The summed E-state index contributed by atoms with van der Waals surface area (Å²) < 4.78 is 0. The molecule has 0 aliphatic heterocycles. The van der Waals surface area contributed by atoms with Crippen LogP contribution in [0, 0.1) is 13.8 Å². The summed E-state index contributed by atoms with van der Waals surface area (Å²) in [5.74, 6) is -1.24. The molecular weight excluding hydrogens is 364 g/mol. The highest BCUT2D eigenvalue weighted by atomic mass is 32.2. The van der Waals surface area contributed by atoms with Crippen molar-refractivity contribution in [2.75, 3.05) is 16.4 Å². The molecule has 3 N–H and O–H groups in total. The minimum Gasteiger partial charge on any atom is -0.481 e. The summed E-state index contributed by atoms with van der Waals surface area (Å²) in [4.78, 5) is 35.2. The van der Waals surface area contributed by atoms with E-state index in [1.807, 2.05) is 38.1 Å². The Labute approximate surface area is 162 Å². The molecule has 2 rings (SSSR count). The van der Waals surface area contributed by atoms with Crippen molar-refractivity contribution in [3.05, 3.63) is 53.6 Å². The van der Waals surface area contributed by atoms with Crippen LogP contribution < -0.4 is 10.6 Å². The Morgan fingerprint density at radius 3 is 2.22 bits per heavy atom. The highest BCUT2D eigenvalue weighted by Crippen LogP contribution is 2.22. The maximum Gasteiger partial charge on any atom is 0.303 e. The molecule has 27 heavy (non-hydrogen) atoms. The summed E-state index contributed by atoms with van der Waals surface area (Å²) in [6.45, 7) is 3.96. The second-order valence-electron chi connectivity index (χ2n) is 6.18. The van der Waals surface area contributed by atoms with Gasteiger partial charge in [-0.2, -0.15) is 0 Å². The van der Waals surface area contributed by atoms with Crippen molar-refractivity contribution in [1.29, 1.82) is 0 Å². The molecule has 0 saturated heterocycles. The van der Waals surface area contributed by atoms with Crippen LogP contribution in [0.3, 0.4) is 0 Å². The molecule has 7 heteroatoms. The van der Waals surface area contributed by atoms with Gasteiger partial charge in [-0.05, 0) is 55.3 Å². The van der Waals surface area contributed by atoms with Crippen molar-refractivity contribution >= 4 is 40.9 Å². The second-order valence-corrected chi connectivity index (χ2v) is 7.23. The minimum absolute atomic E-state index is 0.0784. The van der Waals surface area contributed by atoms with Crippen molar-refractivity contribution in [2.45, 2.75) is 31.6 Å². The third-order valence-electron chi connectivity index (χ3n) is 3.56. The van der Waals surface area contributed by atoms with E-state index in [0.717, 1.165) is 21.7 Å². The normalized spacial score (nSPS) is 10.3. The average Bonchev–Trinajstić information content (AvgIpc) is 2.57. The van der Waals surface area contributed by atoms with Gasteiger partial charge in [0.1, 0.15) is 0 Å². The third kappa shape index (κ3) is 7.53. The lowest BCUT2D eigenvalue weighted by Crippen LogP contribution is -2.14. The molecule has 142 valence electrons. The van der Waals surface area contributed by atoms with Crippen LogP contribution in [0.15, 0.2) is 47.4 Å². The standard InChI is InChI=1S/C20H22N2O4S/c1-13-8-14(2)10-16(9-13)22-19(24)12-27-17-5-3-4-15(11-17)21-18(23)6-7-20(25)26/h3-5,8-11H,6-7,12H2,1-2H3,(H,21,23)(H,22,24)(H,25,26). The molecule has 0 unspecified atom stereocenters. The lowest BCUT2D eigenvalue weighted by Gasteiger charge is -2.09. The highest BCUT2D eigenvalue weighted by molar-refractivity contribution is 8.00. The molecule has 0 bridgehead atoms. The molecule has 0 heterocycles. The van der Waals surface area contributed by atoms with E-state index in [2.05, 4.69) is 10.6 Å². The predicted octanol–water partition coefficient (Wildman–Crippen LogP) is 3.84. The molecule has 2 aromatic carbocycles. The molecule has 6 nitrogen and oxygen atoms in total. The summed E-state index contributed by atoms with van der Waals surface area (Å²) >= 11 is 1.36. The molecule has 0 spiro atoms. The number of aliphatic carboxylic acids is 1. The first-order chi connectivity index (χ1) is 12.8. The average molecular weight is 386 g/mol. The molecule has 2 aromatic rings. The second kappa shape index (κ2) is 9.78. The Morgan fingerprint density at radius 2 is 1.56 bits per heavy atom. The molecule has 0 atom stereocenters. The van der Waals surface area contributed by atoms with E-state index in [0.29, 0.717) is 5.69 Å².